The molecule has 0 radical (unpaired) electrons. The lowest BCUT2D eigenvalue weighted by atomic mass is 10.1. The second-order valence-corrected chi connectivity index (χ2v) is 6.93. The molecule has 0 fully saturated rings. The number of benzene rings is 2. The zero-order valence-corrected chi connectivity index (χ0v) is 15.9. The van der Waals surface area contributed by atoms with E-state index in [1.807, 2.05) is 29.6 Å². The van der Waals surface area contributed by atoms with Crippen LogP contribution < -0.4 is 5.43 Å². The van der Waals surface area contributed by atoms with Crippen LogP contribution >= 0.6 is 11.3 Å². The first-order valence-corrected chi connectivity index (χ1v) is 9.35. The topological polar surface area (TPSA) is 61.1 Å². The molecule has 130 valence electrons. The van der Waals surface area contributed by atoms with Gasteiger partial charge in [-0.15, -0.1) is 11.3 Å². The first-order valence-electron chi connectivity index (χ1n) is 8.47. The van der Waals surface area contributed by atoms with Crippen LogP contribution in [0.1, 0.15) is 28.6 Å². The standard InChI is InChI=1S/C21H20N4S/c1-4-16-6-9-18(10-7-16)24-25-19(12-22)21-23-20(13-26-21)17-8-5-14(2)15(3)11-17/h5-11,13,24H,4H2,1-3H3/b25-19-. The van der Waals surface area contributed by atoms with Gasteiger partial charge in [0, 0.05) is 10.9 Å². The molecular formula is C21H20N4S. The Labute approximate surface area is 157 Å². The Morgan fingerprint density at radius 1 is 1.15 bits per heavy atom. The van der Waals surface area contributed by atoms with Crippen molar-refractivity contribution in [2.75, 3.05) is 5.43 Å². The number of hydrazone groups is 1. The molecule has 5 heteroatoms. The number of nitriles is 1. The molecule has 0 spiro atoms. The van der Waals surface area contributed by atoms with E-state index >= 15 is 0 Å². The normalized spacial score (nSPS) is 11.2. The highest BCUT2D eigenvalue weighted by atomic mass is 32.1. The smallest absolute Gasteiger partial charge is 0.196 e. The Morgan fingerprint density at radius 3 is 2.58 bits per heavy atom. The molecule has 1 N–H and O–H groups in total. The zero-order valence-electron chi connectivity index (χ0n) is 15.1. The number of nitrogens with zero attached hydrogens (tertiary/aromatic N) is 3. The molecule has 0 atom stereocenters. The van der Waals surface area contributed by atoms with Gasteiger partial charge in [-0.3, -0.25) is 5.43 Å². The molecule has 0 bridgehead atoms. The van der Waals surface area contributed by atoms with Crippen molar-refractivity contribution in [1.29, 1.82) is 5.26 Å². The molecule has 1 heterocycles. The molecule has 0 unspecified atom stereocenters. The molecule has 0 saturated heterocycles. The van der Waals surface area contributed by atoms with Crippen LogP contribution in [0, 0.1) is 25.2 Å². The quantitative estimate of drug-likeness (QED) is 0.494. The van der Waals surface area contributed by atoms with E-state index in [2.05, 4.69) is 60.6 Å². The van der Waals surface area contributed by atoms with Crippen molar-refractivity contribution in [1.82, 2.24) is 4.98 Å². The van der Waals surface area contributed by atoms with E-state index in [0.717, 1.165) is 23.4 Å². The van der Waals surface area contributed by atoms with E-state index < -0.39 is 0 Å². The van der Waals surface area contributed by atoms with Gasteiger partial charge in [-0.2, -0.15) is 10.4 Å². The van der Waals surface area contributed by atoms with Gasteiger partial charge in [0.25, 0.3) is 0 Å². The van der Waals surface area contributed by atoms with Crippen LogP contribution in [-0.2, 0) is 6.42 Å². The first-order chi connectivity index (χ1) is 12.6. The summed E-state index contributed by atoms with van der Waals surface area (Å²) in [5.41, 5.74) is 9.73. The number of rotatable bonds is 5. The summed E-state index contributed by atoms with van der Waals surface area (Å²) < 4.78 is 0. The highest BCUT2D eigenvalue weighted by Crippen LogP contribution is 2.24. The number of hydrogen-bond donors (Lipinski definition) is 1. The Balaban J connectivity index is 1.81. The monoisotopic (exact) mass is 360 g/mol. The average molecular weight is 360 g/mol. The van der Waals surface area contributed by atoms with E-state index in [9.17, 15) is 5.26 Å². The zero-order chi connectivity index (χ0) is 18.5. The Bertz CT molecular complexity index is 978. The van der Waals surface area contributed by atoms with E-state index in [-0.39, 0.29) is 5.71 Å². The molecule has 0 aliphatic rings. The number of hydrogen-bond acceptors (Lipinski definition) is 5. The molecule has 0 amide bonds. The summed E-state index contributed by atoms with van der Waals surface area (Å²) in [7, 11) is 0. The van der Waals surface area contributed by atoms with Crippen LogP contribution in [-0.4, -0.2) is 10.7 Å². The number of nitrogens with one attached hydrogen (secondary N) is 1. The third kappa shape index (κ3) is 3.98. The molecule has 0 saturated carbocycles. The van der Waals surface area contributed by atoms with Crippen LogP contribution in [0.4, 0.5) is 5.69 Å². The minimum absolute atomic E-state index is 0.282. The number of anilines is 1. The summed E-state index contributed by atoms with van der Waals surface area (Å²) >= 11 is 1.42. The number of aromatic nitrogens is 1. The summed E-state index contributed by atoms with van der Waals surface area (Å²) in [5.74, 6) is 0. The largest absolute Gasteiger partial charge is 0.277 e. The van der Waals surface area contributed by atoms with Crippen LogP contribution in [0.15, 0.2) is 52.9 Å². The minimum atomic E-state index is 0.282. The summed E-state index contributed by atoms with van der Waals surface area (Å²) in [6.45, 7) is 6.29. The van der Waals surface area contributed by atoms with E-state index in [0.29, 0.717) is 5.01 Å². The molecule has 3 aromatic rings. The molecule has 3 rings (SSSR count). The molecule has 26 heavy (non-hydrogen) atoms. The molecule has 4 nitrogen and oxygen atoms in total. The fourth-order valence-corrected chi connectivity index (χ4v) is 3.24. The van der Waals surface area contributed by atoms with Gasteiger partial charge >= 0.3 is 0 Å². The van der Waals surface area contributed by atoms with Crippen LogP contribution in [0.2, 0.25) is 0 Å². The highest BCUT2D eigenvalue weighted by molar-refractivity contribution is 7.12. The third-order valence-electron chi connectivity index (χ3n) is 4.27. The van der Waals surface area contributed by atoms with Crippen LogP contribution in [0.5, 0.6) is 0 Å². The summed E-state index contributed by atoms with van der Waals surface area (Å²) in [5, 5.41) is 16.2. The SMILES string of the molecule is CCc1ccc(N/N=C(/C#N)c2nc(-c3ccc(C)c(C)c3)cs2)cc1. The van der Waals surface area contributed by atoms with Crippen molar-refractivity contribution in [3.8, 4) is 17.3 Å². The maximum Gasteiger partial charge on any atom is 0.196 e. The fourth-order valence-electron chi connectivity index (χ4n) is 2.47. The van der Waals surface area contributed by atoms with E-state index in [1.165, 1.54) is 28.0 Å². The summed E-state index contributed by atoms with van der Waals surface area (Å²) in [6.07, 6.45) is 0.993. The van der Waals surface area contributed by atoms with Crippen molar-refractivity contribution in [3.05, 3.63) is 69.5 Å². The predicted molar refractivity (Wildman–Crippen MR) is 109 cm³/mol. The van der Waals surface area contributed by atoms with Crippen molar-refractivity contribution in [2.24, 2.45) is 5.10 Å². The first kappa shape index (κ1) is 17.8. The van der Waals surface area contributed by atoms with Gasteiger partial charge in [0.15, 0.2) is 10.7 Å². The van der Waals surface area contributed by atoms with Crippen molar-refractivity contribution in [3.63, 3.8) is 0 Å². The minimum Gasteiger partial charge on any atom is -0.277 e. The Kier molecular flexibility index (Phi) is 5.45. The highest BCUT2D eigenvalue weighted by Gasteiger charge is 2.11. The molecule has 2 aromatic carbocycles. The van der Waals surface area contributed by atoms with Crippen LogP contribution in [0.3, 0.4) is 0 Å². The molecule has 0 aliphatic carbocycles. The lowest BCUT2D eigenvalue weighted by Gasteiger charge is -2.03. The maximum absolute atomic E-state index is 9.45. The predicted octanol–water partition coefficient (Wildman–Crippen LogP) is 5.33. The van der Waals surface area contributed by atoms with Gasteiger partial charge in [0.05, 0.1) is 11.4 Å². The molecular weight excluding hydrogens is 340 g/mol. The molecule has 0 aliphatic heterocycles. The lowest BCUT2D eigenvalue weighted by Crippen LogP contribution is -2.01. The number of aryl methyl sites for hydroxylation is 3. The second kappa shape index (κ2) is 7.94. The fraction of sp³-hybridized carbons (Fsp3) is 0.190. The van der Waals surface area contributed by atoms with Gasteiger partial charge < -0.3 is 0 Å². The van der Waals surface area contributed by atoms with Gasteiger partial charge in [-0.25, -0.2) is 4.98 Å². The van der Waals surface area contributed by atoms with Gasteiger partial charge in [-0.1, -0.05) is 31.2 Å². The van der Waals surface area contributed by atoms with Crippen molar-refractivity contribution >= 4 is 22.7 Å². The van der Waals surface area contributed by atoms with Crippen LogP contribution in [0.25, 0.3) is 11.3 Å². The lowest BCUT2D eigenvalue weighted by molar-refractivity contribution is 1.14. The molecule has 1 aromatic heterocycles. The van der Waals surface area contributed by atoms with E-state index in [1.54, 1.807) is 0 Å². The van der Waals surface area contributed by atoms with Crippen molar-refractivity contribution < 1.29 is 0 Å². The third-order valence-corrected chi connectivity index (χ3v) is 5.12. The average Bonchev–Trinajstić information content (AvgIpc) is 3.15. The van der Waals surface area contributed by atoms with E-state index in [4.69, 9.17) is 0 Å². The Hall–Kier alpha value is -2.97. The van der Waals surface area contributed by atoms with Gasteiger partial charge in [0.1, 0.15) is 6.07 Å². The van der Waals surface area contributed by atoms with Gasteiger partial charge in [-0.05, 0) is 55.2 Å². The maximum atomic E-state index is 9.45. The summed E-state index contributed by atoms with van der Waals surface area (Å²) in [6, 6.07) is 16.4. The Morgan fingerprint density at radius 2 is 1.92 bits per heavy atom. The summed E-state index contributed by atoms with van der Waals surface area (Å²) in [4.78, 5) is 4.59. The second-order valence-electron chi connectivity index (χ2n) is 6.07. The van der Waals surface area contributed by atoms with Crippen molar-refractivity contribution in [2.45, 2.75) is 27.2 Å². The number of thiazole rings is 1. The van der Waals surface area contributed by atoms with Gasteiger partial charge in [0.2, 0.25) is 0 Å².